The first-order valence-corrected chi connectivity index (χ1v) is 7.74. The molecule has 1 fully saturated rings. The first kappa shape index (κ1) is 14.1. The third kappa shape index (κ3) is 2.81. The van der Waals surface area contributed by atoms with Crippen LogP contribution >= 0.6 is 0 Å². The van der Waals surface area contributed by atoms with Crippen molar-refractivity contribution in [2.75, 3.05) is 6.54 Å². The van der Waals surface area contributed by atoms with Gasteiger partial charge in [-0.25, -0.2) is 0 Å². The number of rotatable bonds is 3. The number of carbonyl (C=O) groups excluding carboxylic acids is 1. The van der Waals surface area contributed by atoms with E-state index in [9.17, 15) is 4.79 Å². The van der Waals surface area contributed by atoms with Crippen molar-refractivity contribution in [3.8, 4) is 0 Å². The normalized spacial score (nSPS) is 22.4. The zero-order chi connectivity index (χ0) is 14.8. The van der Waals surface area contributed by atoms with E-state index in [-0.39, 0.29) is 11.9 Å². The van der Waals surface area contributed by atoms with E-state index >= 15 is 0 Å². The Labute approximate surface area is 124 Å². The van der Waals surface area contributed by atoms with Gasteiger partial charge in [-0.05, 0) is 44.7 Å². The first-order chi connectivity index (χ1) is 10.2. The summed E-state index contributed by atoms with van der Waals surface area (Å²) in [6.07, 6.45) is 3.96. The Balaban J connectivity index is 1.81. The smallest absolute Gasteiger partial charge is 0.289 e. The zero-order valence-corrected chi connectivity index (χ0v) is 12.4. The fourth-order valence-corrected chi connectivity index (χ4v) is 3.21. The average molecular weight is 286 g/mol. The van der Waals surface area contributed by atoms with E-state index in [1.807, 2.05) is 42.2 Å². The highest BCUT2D eigenvalue weighted by molar-refractivity contribution is 5.96. The van der Waals surface area contributed by atoms with Crippen LogP contribution in [-0.4, -0.2) is 29.4 Å². The molecule has 1 amide bonds. The highest BCUT2D eigenvalue weighted by Gasteiger charge is 2.28. The fourth-order valence-electron chi connectivity index (χ4n) is 3.21. The van der Waals surface area contributed by atoms with Gasteiger partial charge in [0.05, 0.1) is 0 Å². The van der Waals surface area contributed by atoms with Crippen molar-refractivity contribution < 1.29 is 9.21 Å². The van der Waals surface area contributed by atoms with E-state index in [2.05, 4.69) is 0 Å². The molecule has 0 bridgehead atoms. The Morgan fingerprint density at radius 3 is 2.67 bits per heavy atom. The number of carbonyl (C=O) groups is 1. The number of hydrogen-bond acceptors (Lipinski definition) is 3. The van der Waals surface area contributed by atoms with Gasteiger partial charge in [0.25, 0.3) is 5.91 Å². The molecule has 21 heavy (non-hydrogen) atoms. The molecule has 3 rings (SSSR count). The molecule has 0 spiro atoms. The molecule has 0 saturated heterocycles. The number of para-hydroxylation sites is 1. The van der Waals surface area contributed by atoms with Crippen LogP contribution in [0.5, 0.6) is 0 Å². The molecule has 1 aromatic heterocycles. The molecule has 2 N–H and O–H groups in total. The maximum Gasteiger partial charge on any atom is 0.289 e. The molecular formula is C17H22N2O2. The summed E-state index contributed by atoms with van der Waals surface area (Å²) < 4.78 is 5.71. The minimum Gasteiger partial charge on any atom is -0.451 e. The first-order valence-electron chi connectivity index (χ1n) is 7.74. The summed E-state index contributed by atoms with van der Waals surface area (Å²) >= 11 is 0. The molecular weight excluding hydrogens is 264 g/mol. The van der Waals surface area contributed by atoms with Gasteiger partial charge in [-0.1, -0.05) is 18.2 Å². The van der Waals surface area contributed by atoms with Gasteiger partial charge in [-0.3, -0.25) is 4.79 Å². The lowest BCUT2D eigenvalue weighted by molar-refractivity contribution is 0.0611. The summed E-state index contributed by atoms with van der Waals surface area (Å²) in [5.41, 5.74) is 6.72. The molecule has 1 aliphatic carbocycles. The molecule has 0 radical (unpaired) electrons. The number of hydrogen-bond donors (Lipinski definition) is 1. The largest absolute Gasteiger partial charge is 0.451 e. The Hall–Kier alpha value is -1.81. The quantitative estimate of drug-likeness (QED) is 0.942. The van der Waals surface area contributed by atoms with Crippen molar-refractivity contribution in [1.29, 1.82) is 0 Å². The Morgan fingerprint density at radius 1 is 1.29 bits per heavy atom. The average Bonchev–Trinajstić information content (AvgIpc) is 2.93. The van der Waals surface area contributed by atoms with Gasteiger partial charge < -0.3 is 15.1 Å². The minimum atomic E-state index is -0.00540. The number of nitrogens with zero attached hydrogens (tertiary/aromatic N) is 1. The molecule has 1 aromatic carbocycles. The Morgan fingerprint density at radius 2 is 2.00 bits per heavy atom. The molecule has 1 heterocycles. The third-order valence-electron chi connectivity index (χ3n) is 4.42. The second-order valence-electron chi connectivity index (χ2n) is 5.81. The molecule has 0 unspecified atom stereocenters. The van der Waals surface area contributed by atoms with Gasteiger partial charge in [-0.2, -0.15) is 0 Å². The molecule has 1 saturated carbocycles. The van der Waals surface area contributed by atoms with Crippen LogP contribution in [0, 0.1) is 0 Å². The fraction of sp³-hybridized carbons (Fsp3) is 0.471. The van der Waals surface area contributed by atoms with E-state index in [1.54, 1.807) is 0 Å². The van der Waals surface area contributed by atoms with Crippen LogP contribution in [0.1, 0.15) is 43.2 Å². The molecule has 2 aromatic rings. The lowest BCUT2D eigenvalue weighted by Crippen LogP contribution is -2.44. The second-order valence-corrected chi connectivity index (χ2v) is 5.81. The maximum atomic E-state index is 12.7. The number of fused-ring (bicyclic) bond motifs is 1. The van der Waals surface area contributed by atoms with Crippen molar-refractivity contribution in [1.82, 2.24) is 4.90 Å². The van der Waals surface area contributed by atoms with Crippen LogP contribution in [0.3, 0.4) is 0 Å². The SMILES string of the molecule is CCN(C(=O)c1cc2ccccc2o1)C1CCC(N)CC1. The van der Waals surface area contributed by atoms with E-state index < -0.39 is 0 Å². The Bertz CT molecular complexity index is 594. The number of benzene rings is 1. The lowest BCUT2D eigenvalue weighted by Gasteiger charge is -2.35. The predicted octanol–water partition coefficient (Wildman–Crippen LogP) is 3.16. The number of amides is 1. The maximum absolute atomic E-state index is 12.7. The van der Waals surface area contributed by atoms with Crippen molar-refractivity contribution in [3.05, 3.63) is 36.1 Å². The predicted molar refractivity (Wildman–Crippen MR) is 83.2 cm³/mol. The summed E-state index contributed by atoms with van der Waals surface area (Å²) in [7, 11) is 0. The van der Waals surface area contributed by atoms with Gasteiger partial charge in [0.1, 0.15) is 5.58 Å². The summed E-state index contributed by atoms with van der Waals surface area (Å²) in [6.45, 7) is 2.73. The van der Waals surface area contributed by atoms with E-state index in [1.165, 1.54) is 0 Å². The van der Waals surface area contributed by atoms with Gasteiger partial charge in [0, 0.05) is 24.0 Å². The van der Waals surface area contributed by atoms with Gasteiger partial charge in [0.15, 0.2) is 5.76 Å². The second kappa shape index (κ2) is 5.90. The molecule has 1 aliphatic rings. The van der Waals surface area contributed by atoms with Crippen molar-refractivity contribution in [2.45, 2.75) is 44.7 Å². The van der Waals surface area contributed by atoms with Crippen molar-refractivity contribution in [3.63, 3.8) is 0 Å². The van der Waals surface area contributed by atoms with Gasteiger partial charge in [0.2, 0.25) is 0 Å². The monoisotopic (exact) mass is 286 g/mol. The van der Waals surface area contributed by atoms with Crippen molar-refractivity contribution >= 4 is 16.9 Å². The highest BCUT2D eigenvalue weighted by atomic mass is 16.3. The van der Waals surface area contributed by atoms with E-state index in [4.69, 9.17) is 10.2 Å². The number of furan rings is 1. The molecule has 0 aliphatic heterocycles. The summed E-state index contributed by atoms with van der Waals surface area (Å²) in [4.78, 5) is 14.7. The van der Waals surface area contributed by atoms with Crippen LogP contribution in [0.25, 0.3) is 11.0 Å². The zero-order valence-electron chi connectivity index (χ0n) is 12.4. The molecule has 4 nitrogen and oxygen atoms in total. The summed E-state index contributed by atoms with van der Waals surface area (Å²) in [6, 6.07) is 10.1. The topological polar surface area (TPSA) is 59.5 Å². The van der Waals surface area contributed by atoms with Crippen LogP contribution in [0.15, 0.2) is 34.7 Å². The van der Waals surface area contributed by atoms with Crippen molar-refractivity contribution in [2.24, 2.45) is 5.73 Å². The van der Waals surface area contributed by atoms with Crippen LogP contribution < -0.4 is 5.73 Å². The van der Waals surface area contributed by atoms with E-state index in [0.717, 1.165) is 36.7 Å². The summed E-state index contributed by atoms with van der Waals surface area (Å²) in [5.74, 6) is 0.432. The molecule has 112 valence electrons. The summed E-state index contributed by atoms with van der Waals surface area (Å²) in [5, 5.41) is 0.975. The standard InChI is InChI=1S/C17H22N2O2/c1-2-19(14-9-7-13(18)8-10-14)17(20)16-11-12-5-3-4-6-15(12)21-16/h3-6,11,13-14H,2,7-10,18H2,1H3. The van der Waals surface area contributed by atoms with Crippen LogP contribution in [0.2, 0.25) is 0 Å². The van der Waals surface area contributed by atoms with Gasteiger partial charge >= 0.3 is 0 Å². The van der Waals surface area contributed by atoms with E-state index in [0.29, 0.717) is 18.3 Å². The van der Waals surface area contributed by atoms with Gasteiger partial charge in [-0.15, -0.1) is 0 Å². The van der Waals surface area contributed by atoms with Crippen LogP contribution in [-0.2, 0) is 0 Å². The Kier molecular flexibility index (Phi) is 3.97. The molecule has 4 heteroatoms. The highest BCUT2D eigenvalue weighted by Crippen LogP contribution is 2.25. The van der Waals surface area contributed by atoms with Crippen LogP contribution in [0.4, 0.5) is 0 Å². The lowest BCUT2D eigenvalue weighted by atomic mass is 9.90. The third-order valence-corrected chi connectivity index (χ3v) is 4.42. The molecule has 0 atom stereocenters. The minimum absolute atomic E-state index is 0.00540. The number of nitrogens with two attached hydrogens (primary N) is 1.